The second-order valence-electron chi connectivity index (χ2n) is 31.3. The van der Waals surface area contributed by atoms with Gasteiger partial charge in [0.05, 0.1) is 26.2 Å². The van der Waals surface area contributed by atoms with Gasteiger partial charge in [-0.05, 0) is 0 Å². The molecule has 32 nitrogen and oxygen atoms in total. The van der Waals surface area contributed by atoms with Crippen molar-refractivity contribution in [2.24, 2.45) is 20.0 Å². The van der Waals surface area contributed by atoms with Crippen LogP contribution in [0, 0.1) is 0 Å². The summed E-state index contributed by atoms with van der Waals surface area (Å²) < 4.78 is 218. The van der Waals surface area contributed by atoms with E-state index in [9.17, 15) is 77.9 Å². The second-order valence-corrected chi connectivity index (χ2v) is 53.5. The summed E-state index contributed by atoms with van der Waals surface area (Å²) in [5, 5.41) is 12.0. The van der Waals surface area contributed by atoms with E-state index in [1.807, 2.05) is 97.1 Å². The molecule has 0 amide bonds. The van der Waals surface area contributed by atoms with Crippen molar-refractivity contribution < 1.29 is 115 Å². The number of fused-ring (bicyclic) bond motifs is 12. The fourth-order valence-electron chi connectivity index (χ4n) is 17.9. The van der Waals surface area contributed by atoms with Gasteiger partial charge in [-0.2, -0.15) is 0 Å². The van der Waals surface area contributed by atoms with Crippen LogP contribution in [0.25, 0.3) is 21.5 Å². The van der Waals surface area contributed by atoms with Crippen molar-refractivity contribution in [2.75, 3.05) is 121 Å². The van der Waals surface area contributed by atoms with E-state index in [0.717, 1.165) is 43.8 Å². The molecule has 111 heavy (non-hydrogen) atoms. The molecule has 0 saturated heterocycles. The summed E-state index contributed by atoms with van der Waals surface area (Å²) in [6.45, 7) is 12.5. The molecule has 4 aromatic carbocycles. The molecular weight excluding hydrogens is 1590 g/mol. The topological polar surface area (TPSA) is 421 Å². The predicted molar refractivity (Wildman–Crippen MR) is 425 cm³/mol. The molecular formula is C71H102N10O22S5Si3+2. The molecule has 2 aromatic heterocycles. The summed E-state index contributed by atoms with van der Waals surface area (Å²) in [4.78, 5) is 34.5. The maximum absolute atomic E-state index is 12.3. The standard InChI is InChI=1S/C71H100N10O22S5Si3/c1-109(2,53-23-39-80(34-13-18-48-104(84,85)86,35-14-19-49-105(87,88)89)36-15-20-50-106(90,91)92)102-111(103-110(3,4)54-24-40-81(37-16-21-51-107(93,94)95,38-17-22-52-108(96,97)98)41-43-100-45-47-101-46-44-99-42-33-63(82)83)76-64-55-25-5-6-26-56(55)65(76)73-67-59-29-9-10-30-60(59)69(78(67)111)75-71-62-32-12-11-31-61(62)70(79(71)111)74-68-58-28-8-7-27-57(58)66(72-64)77(68)111/h5-12,25-32H,13-24,33-54H2,1-4H3,(H4-2,82,83,84,85,86,87,88,89,90,91,92,93,94,95,96,97,98)/p+2. The van der Waals surface area contributed by atoms with Crippen molar-refractivity contribution in [1.82, 2.24) is 8.47 Å². The van der Waals surface area contributed by atoms with Gasteiger partial charge in [0.1, 0.15) is 0 Å². The van der Waals surface area contributed by atoms with E-state index in [1.165, 1.54) is 0 Å². The summed E-state index contributed by atoms with van der Waals surface area (Å²) in [6.07, 6.45) is 2.71. The molecule has 0 saturated carbocycles. The Labute approximate surface area is 649 Å². The Morgan fingerprint density at radius 1 is 0.396 bits per heavy atom. The first kappa shape index (κ1) is 84.0. The van der Waals surface area contributed by atoms with Gasteiger partial charge in [0.15, 0.2) is 0 Å². The molecule has 0 bridgehead atoms. The van der Waals surface area contributed by atoms with Crippen LogP contribution in [-0.4, -0.2) is 270 Å². The number of hydrogen-bond acceptors (Lipinski definition) is 20. The number of ether oxygens (including phenoxy) is 3. The van der Waals surface area contributed by atoms with E-state index in [0.29, 0.717) is 160 Å². The van der Waals surface area contributed by atoms with Crippen molar-refractivity contribution in [2.45, 2.75) is 122 Å². The van der Waals surface area contributed by atoms with Crippen LogP contribution in [-0.2, 0) is 77.8 Å². The van der Waals surface area contributed by atoms with Crippen molar-refractivity contribution >= 4 is 137 Å². The van der Waals surface area contributed by atoms with E-state index < -0.39 is 110 Å². The van der Waals surface area contributed by atoms with E-state index in [4.69, 9.17) is 39.3 Å². The minimum atomic E-state index is -7.44. The first-order valence-electron chi connectivity index (χ1n) is 37.9. The number of carbonyl (C=O) groups is 1. The van der Waals surface area contributed by atoms with E-state index >= 15 is 0 Å². The maximum atomic E-state index is 12.3. The molecule has 40 heteroatoms. The Balaban J connectivity index is 1.05. The monoisotopic (exact) mass is 1690 g/mol. The first-order valence-corrected chi connectivity index (χ1v) is 54.8. The number of amidine groups is 4. The van der Waals surface area contributed by atoms with Gasteiger partial charge in [0.2, 0.25) is 0 Å². The number of unbranched alkanes of at least 4 members (excludes halogenated alkanes) is 5. The fourth-order valence-corrected chi connectivity index (χ4v) is 43.0. The zero-order chi connectivity index (χ0) is 79.8. The molecule has 6 aliphatic rings. The molecule has 0 atom stereocenters. The molecule has 6 aliphatic heterocycles. The third-order valence-corrected chi connectivity index (χ3v) is 43.0. The van der Waals surface area contributed by atoms with Crippen LogP contribution in [0.1, 0.15) is 106 Å². The Hall–Kier alpha value is -6.37. The SMILES string of the molecule is C[Si](C)(CCC[N+](CCCCS(=O)(=O)O)(CCCCS(=O)(=O)O)CCCCS(=O)(=O)O)O[Si-2]123(O[Si](C)(C)CCC[N+](CCCCS(=O)(=O)O)(CCCCS(=O)(=O)O)CCOCCOCCOCCC(=O)O)n4c5c6ccccc6c4N=C4c6ccccc6C(=[N+]41)N=c1c4ccccc4c(n12)=NC1=[N+]3C(=N5)c2ccccc21. The summed E-state index contributed by atoms with van der Waals surface area (Å²) >= 11 is 0. The Morgan fingerprint density at radius 3 is 1.05 bits per heavy atom. The predicted octanol–water partition coefficient (Wildman–Crippen LogP) is 7.05. The molecule has 0 radical (unpaired) electrons. The van der Waals surface area contributed by atoms with Gasteiger partial charge < -0.3 is 9.84 Å². The van der Waals surface area contributed by atoms with Crippen molar-refractivity contribution in [3.63, 3.8) is 0 Å². The van der Waals surface area contributed by atoms with Gasteiger partial charge in [-0.25, -0.2) is 0 Å². The van der Waals surface area contributed by atoms with Crippen molar-refractivity contribution in [3.8, 4) is 0 Å². The quantitative estimate of drug-likeness (QED) is 0.00964. The average Bonchev–Trinajstić information content (AvgIpc) is 1.47. The molecule has 608 valence electrons. The van der Waals surface area contributed by atoms with Crippen LogP contribution >= 0.6 is 0 Å². The number of aliphatic carboxylic acids is 1. The molecule has 6 aromatic rings. The number of quaternary nitrogens is 2. The summed E-state index contributed by atoms with van der Waals surface area (Å²) in [7, 11) is -36.8. The minimum absolute atomic E-state index is 0.0329. The van der Waals surface area contributed by atoms with Gasteiger partial charge in [0, 0.05) is 0 Å². The normalized spacial score (nSPS) is 17.3. The van der Waals surface area contributed by atoms with Gasteiger partial charge in [-0.3, -0.25) is 4.79 Å². The van der Waals surface area contributed by atoms with Gasteiger partial charge in [-0.1, -0.05) is 0 Å². The molecule has 0 fully saturated rings. The number of aromatic nitrogens is 2. The summed E-state index contributed by atoms with van der Waals surface area (Å²) in [5.74, 6) is -0.552. The number of hydrogen-bond donors (Lipinski definition) is 6. The van der Waals surface area contributed by atoms with Crippen LogP contribution in [0.4, 0.5) is 11.6 Å². The number of aliphatic imine (C=N–C) groups is 2. The van der Waals surface area contributed by atoms with Gasteiger partial charge in [0.25, 0.3) is 0 Å². The number of nitrogens with zero attached hydrogens (tertiary/aromatic N) is 10. The zero-order valence-corrected chi connectivity index (χ0v) is 70.1. The second kappa shape index (κ2) is 32.0. The van der Waals surface area contributed by atoms with Crippen LogP contribution < -0.4 is 11.0 Å². The summed E-state index contributed by atoms with van der Waals surface area (Å²) in [6, 6.07) is 32.7. The Kier molecular flexibility index (Phi) is 24.2. The average molecular weight is 1690 g/mol. The first-order chi connectivity index (χ1) is 52.3. The van der Waals surface area contributed by atoms with Crippen LogP contribution in [0.5, 0.6) is 0 Å². The van der Waals surface area contributed by atoms with Gasteiger partial charge in [-0.15, -0.1) is 0 Å². The molecule has 8 heterocycles. The third-order valence-electron chi connectivity index (χ3n) is 22.3. The molecule has 0 unspecified atom stereocenters. The number of carboxylic acid groups (broad SMARTS) is 1. The third kappa shape index (κ3) is 17.2. The molecule has 0 aliphatic carbocycles. The Bertz CT molecular complexity index is 5210. The van der Waals surface area contributed by atoms with Crippen LogP contribution in [0.3, 0.4) is 0 Å². The summed E-state index contributed by atoms with van der Waals surface area (Å²) in [5.41, 5.74) is 3.96. The van der Waals surface area contributed by atoms with Crippen molar-refractivity contribution in [3.05, 3.63) is 130 Å². The van der Waals surface area contributed by atoms with Gasteiger partial charge >= 0.3 is 612 Å². The molecule has 6 N–H and O–H groups in total. The van der Waals surface area contributed by atoms with E-state index in [-0.39, 0.29) is 82.6 Å². The van der Waals surface area contributed by atoms with E-state index in [2.05, 4.69) is 43.1 Å². The molecule has 12 rings (SSSR count). The number of carboxylic acids is 1. The molecule has 1 spiro atoms. The van der Waals surface area contributed by atoms with Crippen LogP contribution in [0.15, 0.2) is 117 Å². The van der Waals surface area contributed by atoms with Crippen molar-refractivity contribution in [1.29, 1.82) is 0 Å². The van der Waals surface area contributed by atoms with Crippen LogP contribution in [0.2, 0.25) is 38.3 Å². The van der Waals surface area contributed by atoms with E-state index in [1.54, 1.807) is 0 Å². The number of rotatable bonds is 49. The fraction of sp³-hybridized carbons (Fsp3) is 0.535. The zero-order valence-electron chi connectivity index (χ0n) is 63.0. The number of benzene rings is 4. The Morgan fingerprint density at radius 2 is 0.703 bits per heavy atom.